The molecule has 0 aromatic carbocycles. The predicted octanol–water partition coefficient (Wildman–Crippen LogP) is 0.895. The summed E-state index contributed by atoms with van der Waals surface area (Å²) >= 11 is 0. The lowest BCUT2D eigenvalue weighted by Crippen LogP contribution is -2.23. The van der Waals surface area contributed by atoms with Crippen molar-refractivity contribution in [2.24, 2.45) is 0 Å². The minimum atomic E-state index is -1.13. The lowest BCUT2D eigenvalue weighted by molar-refractivity contribution is -0.299. The molecule has 0 aliphatic rings. The topological polar surface area (TPSA) is 40.1 Å². The smallest absolute Gasteiger partial charge is 0.0668 e. The van der Waals surface area contributed by atoms with Gasteiger partial charge in [0.15, 0.2) is 0 Å². The van der Waals surface area contributed by atoms with E-state index in [9.17, 15) is 9.90 Å². The molecular weight excluding hydrogens is 128 g/mol. The lowest BCUT2D eigenvalue weighted by atomic mass is 10.2. The number of rotatable bonds is 3. The fraction of sp³-hybridized carbons (Fsp3) is 0.375. The van der Waals surface area contributed by atoms with Gasteiger partial charge in [-0.1, -0.05) is 19.9 Å². The Bertz CT molecular complexity index is 116. The Labute approximate surface area is 61.9 Å². The van der Waals surface area contributed by atoms with Gasteiger partial charge in [0.2, 0.25) is 0 Å². The fourth-order valence-corrected chi connectivity index (χ4v) is 0.404. The molecule has 0 amide bonds. The van der Waals surface area contributed by atoms with E-state index in [0.29, 0.717) is 6.42 Å². The molecule has 0 N–H and O–H groups in total. The summed E-state index contributed by atoms with van der Waals surface area (Å²) in [6, 6.07) is 0. The summed E-state index contributed by atoms with van der Waals surface area (Å²) in [6.07, 6.45) is 1.34. The Morgan fingerprint density at radius 1 is 1.50 bits per heavy atom. The number of carboxylic acid groups (broad SMARTS) is 1. The lowest BCUT2D eigenvalue weighted by Gasteiger charge is -2.01. The molecule has 0 bridgehead atoms. The van der Waals surface area contributed by atoms with Crippen LogP contribution in [0.25, 0.3) is 0 Å². The van der Waals surface area contributed by atoms with Crippen LogP contribution in [0.1, 0.15) is 19.8 Å². The number of hydrogen-bond acceptors (Lipinski definition) is 2. The van der Waals surface area contributed by atoms with Gasteiger partial charge in [0.1, 0.15) is 0 Å². The van der Waals surface area contributed by atoms with Crippen LogP contribution in [0.4, 0.5) is 0 Å². The third-order valence-corrected chi connectivity index (χ3v) is 0.840. The van der Waals surface area contributed by atoms with E-state index < -0.39 is 5.97 Å². The zero-order valence-corrected chi connectivity index (χ0v) is 6.35. The van der Waals surface area contributed by atoms with Crippen LogP contribution in [0.2, 0.25) is 0 Å². The van der Waals surface area contributed by atoms with Gasteiger partial charge < -0.3 is 9.90 Å². The quantitative estimate of drug-likeness (QED) is 0.432. The molecule has 2 nitrogen and oxygen atoms in total. The molecule has 0 aliphatic carbocycles. The number of carbonyl (C=O) groups is 1. The summed E-state index contributed by atoms with van der Waals surface area (Å²) < 4.78 is 0. The van der Waals surface area contributed by atoms with Crippen molar-refractivity contribution in [3.8, 4) is 0 Å². The van der Waals surface area contributed by atoms with E-state index >= 15 is 0 Å². The maximum Gasteiger partial charge on any atom is 0.0668 e. The van der Waals surface area contributed by atoms with E-state index in [1.54, 1.807) is 0 Å². The van der Waals surface area contributed by atoms with Crippen molar-refractivity contribution in [2.75, 3.05) is 0 Å². The highest BCUT2D eigenvalue weighted by Crippen LogP contribution is 1.97. The van der Waals surface area contributed by atoms with Gasteiger partial charge in [-0.05, 0) is 12.0 Å². The van der Waals surface area contributed by atoms with E-state index in [-0.39, 0.29) is 5.57 Å². The first-order chi connectivity index (χ1) is 4.68. The van der Waals surface area contributed by atoms with Crippen LogP contribution in [-0.4, -0.2) is 5.97 Å². The Kier molecular flexibility index (Phi) is 9.31. The zero-order chi connectivity index (χ0) is 8.57. The normalized spacial score (nSPS) is 7.30. The highest BCUT2D eigenvalue weighted by atomic mass is 16.4. The average molecular weight is 141 g/mol. The van der Waals surface area contributed by atoms with E-state index in [4.69, 9.17) is 0 Å². The summed E-state index contributed by atoms with van der Waals surface area (Å²) in [5, 5.41) is 9.88. The molecule has 0 heterocycles. The van der Waals surface area contributed by atoms with Crippen LogP contribution in [0.3, 0.4) is 0 Å². The number of hydrogen-bond donors (Lipinski definition) is 0. The van der Waals surface area contributed by atoms with Gasteiger partial charge in [0.25, 0.3) is 0 Å². The molecule has 0 saturated heterocycles. The molecule has 58 valence electrons. The van der Waals surface area contributed by atoms with Crippen LogP contribution < -0.4 is 5.11 Å². The molecule has 10 heavy (non-hydrogen) atoms. The molecule has 0 unspecified atom stereocenters. The molecule has 0 aromatic heterocycles. The van der Waals surface area contributed by atoms with Gasteiger partial charge in [-0.25, -0.2) is 0 Å². The number of aliphatic carboxylic acids is 1. The Morgan fingerprint density at radius 2 is 1.90 bits per heavy atom. The Morgan fingerprint density at radius 3 is 2.00 bits per heavy atom. The maximum atomic E-state index is 9.88. The largest absolute Gasteiger partial charge is 0.545 e. The molecule has 0 fully saturated rings. The average Bonchev–Trinajstić information content (AvgIpc) is 1.93. The highest BCUT2D eigenvalue weighted by Gasteiger charge is 1.89. The molecule has 2 heteroatoms. The van der Waals surface area contributed by atoms with E-state index in [1.807, 2.05) is 6.92 Å². The van der Waals surface area contributed by atoms with Crippen molar-refractivity contribution in [1.82, 2.24) is 0 Å². The molecular formula is C8H13O2-. The zero-order valence-electron chi connectivity index (χ0n) is 6.35. The van der Waals surface area contributed by atoms with Gasteiger partial charge >= 0.3 is 0 Å². The third-order valence-electron chi connectivity index (χ3n) is 0.840. The van der Waals surface area contributed by atoms with Crippen molar-refractivity contribution in [2.45, 2.75) is 19.8 Å². The summed E-state index contributed by atoms with van der Waals surface area (Å²) in [4.78, 5) is 9.88. The molecule has 0 saturated carbocycles. The SMILES string of the molecule is C=C.C=C(CCC)C(=O)[O-]. The monoisotopic (exact) mass is 141 g/mol. The summed E-state index contributed by atoms with van der Waals surface area (Å²) in [5.41, 5.74) is 0.188. The second-order valence-electron chi connectivity index (χ2n) is 1.64. The summed E-state index contributed by atoms with van der Waals surface area (Å²) in [5.74, 6) is -1.13. The van der Waals surface area contributed by atoms with Gasteiger partial charge in [0, 0.05) is 0 Å². The van der Waals surface area contributed by atoms with Crippen LogP contribution in [0.15, 0.2) is 25.3 Å². The van der Waals surface area contributed by atoms with Crippen LogP contribution in [0, 0.1) is 0 Å². The van der Waals surface area contributed by atoms with Crippen LogP contribution in [0.5, 0.6) is 0 Å². The first-order valence-electron chi connectivity index (χ1n) is 3.07. The van der Waals surface area contributed by atoms with Crippen LogP contribution in [-0.2, 0) is 4.79 Å². The van der Waals surface area contributed by atoms with Crippen molar-refractivity contribution < 1.29 is 9.90 Å². The number of carboxylic acids is 1. The minimum absolute atomic E-state index is 0.188. The Balaban J connectivity index is 0. The molecule has 0 rings (SSSR count). The summed E-state index contributed by atoms with van der Waals surface area (Å²) in [6.45, 7) is 11.2. The standard InChI is InChI=1S/C6H10O2.C2H4/c1-3-4-5(2)6(7)8;1-2/h2-4H2,1H3,(H,7,8);1-2H2/p-1. The summed E-state index contributed by atoms with van der Waals surface area (Å²) in [7, 11) is 0. The van der Waals surface area contributed by atoms with E-state index in [1.165, 1.54) is 0 Å². The molecule has 0 aromatic rings. The number of carbonyl (C=O) groups excluding carboxylic acids is 1. The fourth-order valence-electron chi connectivity index (χ4n) is 0.404. The highest BCUT2D eigenvalue weighted by molar-refractivity contribution is 5.83. The van der Waals surface area contributed by atoms with Gasteiger partial charge in [-0.15, -0.1) is 13.2 Å². The first-order valence-corrected chi connectivity index (χ1v) is 3.07. The molecule has 0 radical (unpaired) electrons. The first kappa shape index (κ1) is 11.7. The maximum absolute atomic E-state index is 9.88. The molecule has 0 spiro atoms. The van der Waals surface area contributed by atoms with Crippen LogP contribution >= 0.6 is 0 Å². The second-order valence-corrected chi connectivity index (χ2v) is 1.64. The van der Waals surface area contributed by atoms with Gasteiger partial charge in [0.05, 0.1) is 5.97 Å². The van der Waals surface area contributed by atoms with Crippen molar-refractivity contribution in [1.29, 1.82) is 0 Å². The van der Waals surface area contributed by atoms with E-state index in [2.05, 4.69) is 19.7 Å². The Hall–Kier alpha value is -1.05. The third kappa shape index (κ3) is 6.95. The van der Waals surface area contributed by atoms with Gasteiger partial charge in [-0.3, -0.25) is 0 Å². The van der Waals surface area contributed by atoms with Crippen molar-refractivity contribution >= 4 is 5.97 Å². The molecule has 0 aliphatic heterocycles. The predicted molar refractivity (Wildman–Crippen MR) is 40.3 cm³/mol. The minimum Gasteiger partial charge on any atom is -0.545 e. The second kappa shape index (κ2) is 7.95. The molecule has 0 atom stereocenters. The van der Waals surface area contributed by atoms with Crippen molar-refractivity contribution in [3.63, 3.8) is 0 Å². The van der Waals surface area contributed by atoms with Crippen molar-refractivity contribution in [3.05, 3.63) is 25.3 Å². The van der Waals surface area contributed by atoms with Gasteiger partial charge in [-0.2, -0.15) is 0 Å². The van der Waals surface area contributed by atoms with E-state index in [0.717, 1.165) is 6.42 Å².